The minimum absolute atomic E-state index is 0.534. The summed E-state index contributed by atoms with van der Waals surface area (Å²) in [5.41, 5.74) is 0.294. The van der Waals surface area contributed by atoms with E-state index in [2.05, 4.69) is 16.4 Å². The molecule has 0 aliphatic heterocycles. The van der Waals surface area contributed by atoms with Crippen molar-refractivity contribution < 1.29 is 9.84 Å². The van der Waals surface area contributed by atoms with Crippen LogP contribution in [0.25, 0.3) is 10.2 Å². The molecule has 1 heterocycles. The van der Waals surface area contributed by atoms with E-state index in [1.165, 1.54) is 4.70 Å². The molecule has 19 heavy (non-hydrogen) atoms. The number of nitrogens with zero attached hydrogens (tertiary/aromatic N) is 1. The topological polar surface area (TPSA) is 54.4 Å². The number of hydrogen-bond donors (Lipinski definition) is 2. The predicted molar refractivity (Wildman–Crippen MR) is 78.4 cm³/mol. The Bertz CT molecular complexity index is 492. The van der Waals surface area contributed by atoms with Crippen LogP contribution >= 0.6 is 11.3 Å². The molecule has 104 valence electrons. The van der Waals surface area contributed by atoms with Crippen LogP contribution in [0.4, 0.5) is 0 Å². The Balaban J connectivity index is 1.85. The number of thiazole rings is 1. The van der Waals surface area contributed by atoms with Crippen LogP contribution in [0.15, 0.2) is 24.3 Å². The van der Waals surface area contributed by atoms with Crippen molar-refractivity contribution in [1.82, 2.24) is 10.3 Å². The van der Waals surface area contributed by atoms with Crippen molar-refractivity contribution in [3.05, 3.63) is 29.3 Å². The third kappa shape index (κ3) is 4.24. The minimum atomic E-state index is -0.743. The van der Waals surface area contributed by atoms with Gasteiger partial charge < -0.3 is 15.2 Å². The van der Waals surface area contributed by atoms with Crippen molar-refractivity contribution >= 4 is 21.6 Å². The first-order valence-electron chi connectivity index (χ1n) is 6.37. The number of rotatable bonds is 7. The molecule has 0 bridgehead atoms. The van der Waals surface area contributed by atoms with Gasteiger partial charge in [0.25, 0.3) is 0 Å². The number of benzene rings is 1. The third-order valence-electron chi connectivity index (χ3n) is 2.97. The van der Waals surface area contributed by atoms with Crippen LogP contribution in [0.1, 0.15) is 18.4 Å². The molecule has 5 heteroatoms. The molecule has 0 aliphatic carbocycles. The molecule has 2 rings (SSSR count). The SMILES string of the molecule is COCCC(C)(O)CNCc1nc2ccccc2s1. The fraction of sp³-hybridized carbons (Fsp3) is 0.500. The number of aliphatic hydroxyl groups is 1. The lowest BCUT2D eigenvalue weighted by Crippen LogP contribution is -2.38. The van der Waals surface area contributed by atoms with Crippen molar-refractivity contribution in [3.63, 3.8) is 0 Å². The van der Waals surface area contributed by atoms with Crippen LogP contribution in [0.3, 0.4) is 0 Å². The van der Waals surface area contributed by atoms with Crippen molar-refractivity contribution in [2.45, 2.75) is 25.5 Å². The Morgan fingerprint density at radius 3 is 2.95 bits per heavy atom. The maximum absolute atomic E-state index is 10.1. The van der Waals surface area contributed by atoms with E-state index in [9.17, 15) is 5.11 Å². The summed E-state index contributed by atoms with van der Waals surface area (Å²) in [7, 11) is 1.64. The van der Waals surface area contributed by atoms with Crippen LogP contribution in [0.5, 0.6) is 0 Å². The summed E-state index contributed by atoms with van der Waals surface area (Å²) in [6.07, 6.45) is 0.621. The molecule has 1 aromatic carbocycles. The summed E-state index contributed by atoms with van der Waals surface area (Å²) in [5.74, 6) is 0. The Kier molecular flexibility index (Phi) is 4.87. The molecule has 0 radical (unpaired) electrons. The first-order chi connectivity index (χ1) is 9.11. The van der Waals surface area contributed by atoms with Gasteiger partial charge >= 0.3 is 0 Å². The van der Waals surface area contributed by atoms with Gasteiger partial charge in [0.1, 0.15) is 5.01 Å². The predicted octanol–water partition coefficient (Wildman–Crippen LogP) is 2.17. The average molecular weight is 280 g/mol. The smallest absolute Gasteiger partial charge is 0.108 e. The molecular formula is C14H20N2O2S. The van der Waals surface area contributed by atoms with Crippen LogP contribution < -0.4 is 5.32 Å². The zero-order chi connectivity index (χ0) is 13.7. The lowest BCUT2D eigenvalue weighted by atomic mass is 10.0. The first kappa shape index (κ1) is 14.4. The van der Waals surface area contributed by atoms with Gasteiger partial charge in [-0.1, -0.05) is 12.1 Å². The summed E-state index contributed by atoms with van der Waals surface area (Å²) < 4.78 is 6.18. The number of nitrogens with one attached hydrogen (secondary N) is 1. The van der Waals surface area contributed by atoms with Crippen molar-refractivity contribution in [2.24, 2.45) is 0 Å². The van der Waals surface area contributed by atoms with E-state index in [4.69, 9.17) is 4.74 Å². The molecule has 0 saturated carbocycles. The van der Waals surface area contributed by atoms with Crippen LogP contribution in [0, 0.1) is 0 Å². The maximum atomic E-state index is 10.1. The normalized spacial score (nSPS) is 14.7. The first-order valence-corrected chi connectivity index (χ1v) is 7.19. The molecule has 0 aliphatic rings. The summed E-state index contributed by atoms with van der Waals surface area (Å²) >= 11 is 1.69. The van der Waals surface area contributed by atoms with E-state index in [-0.39, 0.29) is 0 Å². The zero-order valence-corrected chi connectivity index (χ0v) is 12.2. The Labute approximate surface area is 117 Å². The summed E-state index contributed by atoms with van der Waals surface area (Å²) in [6.45, 7) is 3.60. The van der Waals surface area contributed by atoms with Crippen LogP contribution in [-0.4, -0.2) is 36.0 Å². The van der Waals surface area contributed by atoms with E-state index >= 15 is 0 Å². The lowest BCUT2D eigenvalue weighted by Gasteiger charge is -2.22. The molecule has 2 N–H and O–H groups in total. The van der Waals surface area contributed by atoms with Gasteiger partial charge in [0.05, 0.1) is 15.8 Å². The fourth-order valence-corrected chi connectivity index (χ4v) is 2.78. The Morgan fingerprint density at radius 1 is 1.42 bits per heavy atom. The fourth-order valence-electron chi connectivity index (χ4n) is 1.84. The van der Waals surface area contributed by atoms with E-state index < -0.39 is 5.60 Å². The number of fused-ring (bicyclic) bond motifs is 1. The van der Waals surface area contributed by atoms with Gasteiger partial charge in [0.2, 0.25) is 0 Å². The number of hydrogen-bond acceptors (Lipinski definition) is 5. The quantitative estimate of drug-likeness (QED) is 0.816. The maximum Gasteiger partial charge on any atom is 0.108 e. The third-order valence-corrected chi connectivity index (χ3v) is 4.00. The lowest BCUT2D eigenvalue weighted by molar-refractivity contribution is 0.0247. The molecule has 0 fully saturated rings. The van der Waals surface area contributed by atoms with E-state index in [0.29, 0.717) is 26.1 Å². The summed E-state index contributed by atoms with van der Waals surface area (Å²) in [5, 5.41) is 14.4. The molecule has 0 saturated heterocycles. The molecule has 0 amide bonds. The number of methoxy groups -OCH3 is 1. The van der Waals surface area contributed by atoms with Gasteiger partial charge in [-0.3, -0.25) is 0 Å². The second-order valence-corrected chi connectivity index (χ2v) is 6.03. The molecular weight excluding hydrogens is 260 g/mol. The van der Waals surface area contributed by atoms with Crippen molar-refractivity contribution in [2.75, 3.05) is 20.3 Å². The van der Waals surface area contributed by atoms with Crippen molar-refractivity contribution in [3.8, 4) is 0 Å². The number of ether oxygens (including phenoxy) is 1. The highest BCUT2D eigenvalue weighted by Crippen LogP contribution is 2.21. The largest absolute Gasteiger partial charge is 0.389 e. The average Bonchev–Trinajstić information content (AvgIpc) is 2.78. The van der Waals surface area contributed by atoms with Gasteiger partial charge in [-0.25, -0.2) is 4.98 Å². The zero-order valence-electron chi connectivity index (χ0n) is 11.3. The Hall–Kier alpha value is -1.01. The highest BCUT2D eigenvalue weighted by Gasteiger charge is 2.19. The highest BCUT2D eigenvalue weighted by atomic mass is 32.1. The Morgan fingerprint density at radius 2 is 2.21 bits per heavy atom. The van der Waals surface area contributed by atoms with E-state index in [1.807, 2.05) is 25.1 Å². The molecule has 1 unspecified atom stereocenters. The van der Waals surface area contributed by atoms with Gasteiger partial charge in [0, 0.05) is 33.2 Å². The van der Waals surface area contributed by atoms with Crippen LogP contribution in [-0.2, 0) is 11.3 Å². The van der Waals surface area contributed by atoms with E-state index in [1.54, 1.807) is 18.4 Å². The number of para-hydroxylation sites is 1. The van der Waals surface area contributed by atoms with Gasteiger partial charge in [0.15, 0.2) is 0 Å². The second-order valence-electron chi connectivity index (χ2n) is 4.92. The van der Waals surface area contributed by atoms with Crippen LogP contribution in [0.2, 0.25) is 0 Å². The second kappa shape index (κ2) is 6.43. The van der Waals surface area contributed by atoms with Crippen molar-refractivity contribution in [1.29, 1.82) is 0 Å². The van der Waals surface area contributed by atoms with Gasteiger partial charge in [-0.2, -0.15) is 0 Å². The monoisotopic (exact) mass is 280 g/mol. The van der Waals surface area contributed by atoms with Gasteiger partial charge in [-0.05, 0) is 19.1 Å². The highest BCUT2D eigenvalue weighted by molar-refractivity contribution is 7.18. The standard InChI is InChI=1S/C14H20N2O2S/c1-14(17,7-8-18-2)10-15-9-13-16-11-5-3-4-6-12(11)19-13/h3-6,15,17H,7-10H2,1-2H3. The molecule has 2 aromatic rings. The number of aromatic nitrogens is 1. The molecule has 1 aromatic heterocycles. The molecule has 0 spiro atoms. The summed E-state index contributed by atoms with van der Waals surface area (Å²) in [6, 6.07) is 8.11. The summed E-state index contributed by atoms with van der Waals surface area (Å²) in [4.78, 5) is 4.54. The minimum Gasteiger partial charge on any atom is -0.389 e. The van der Waals surface area contributed by atoms with E-state index in [0.717, 1.165) is 10.5 Å². The molecule has 1 atom stereocenters. The van der Waals surface area contributed by atoms with Gasteiger partial charge in [-0.15, -0.1) is 11.3 Å². The molecule has 4 nitrogen and oxygen atoms in total.